The minimum Gasteiger partial charge on any atom is -0.347 e. The third-order valence-electron chi connectivity index (χ3n) is 6.55. The van der Waals surface area contributed by atoms with Crippen LogP contribution in [-0.2, 0) is 21.2 Å². The van der Waals surface area contributed by atoms with Gasteiger partial charge in [-0.1, -0.05) is 30.3 Å². The summed E-state index contributed by atoms with van der Waals surface area (Å²) in [7, 11) is -3.62. The summed E-state index contributed by atoms with van der Waals surface area (Å²) >= 11 is 0. The van der Waals surface area contributed by atoms with Gasteiger partial charge in [-0.05, 0) is 62.6 Å². The number of carbonyl (C=O) groups is 2. The van der Waals surface area contributed by atoms with Crippen molar-refractivity contribution in [3.8, 4) is 0 Å². The molecule has 10 heteroatoms. The number of para-hydroxylation sites is 1. The number of aryl methyl sites for hydroxylation is 1. The summed E-state index contributed by atoms with van der Waals surface area (Å²) in [6.07, 6.45) is 0.676. The van der Waals surface area contributed by atoms with E-state index in [1.807, 2.05) is 43.3 Å². The Balaban J connectivity index is 1.49. The molecule has 0 spiro atoms. The van der Waals surface area contributed by atoms with Crippen molar-refractivity contribution in [1.82, 2.24) is 20.1 Å². The van der Waals surface area contributed by atoms with E-state index in [2.05, 4.69) is 16.4 Å². The van der Waals surface area contributed by atoms with Crippen LogP contribution in [-0.4, -0.2) is 59.1 Å². The predicted molar refractivity (Wildman–Crippen MR) is 136 cm³/mol. The maximum absolute atomic E-state index is 13.0. The number of carbonyl (C=O) groups excluding carboxylic acids is 2. The quantitative estimate of drug-likeness (QED) is 0.331. The van der Waals surface area contributed by atoms with Gasteiger partial charge in [0, 0.05) is 29.7 Å². The topological polar surface area (TPSA) is 129 Å². The SMILES string of the molecule is Cc1cc(Cc2ccc(C(=O)N[C@@H]3CN(S(=O)(=O)C(C)C)C[C@@H]3C(=O)NO)cc2)c2ccccc2n1. The van der Waals surface area contributed by atoms with Gasteiger partial charge in [0.15, 0.2) is 0 Å². The number of benzene rings is 2. The highest BCUT2D eigenvalue weighted by atomic mass is 32.2. The van der Waals surface area contributed by atoms with E-state index in [0.717, 1.165) is 27.7 Å². The lowest BCUT2D eigenvalue weighted by Crippen LogP contribution is -2.45. The van der Waals surface area contributed by atoms with Gasteiger partial charge in [-0.25, -0.2) is 13.9 Å². The maximum atomic E-state index is 13.0. The van der Waals surface area contributed by atoms with Gasteiger partial charge in [-0.2, -0.15) is 4.31 Å². The third kappa shape index (κ3) is 5.25. The fourth-order valence-corrected chi connectivity index (χ4v) is 5.89. The van der Waals surface area contributed by atoms with Gasteiger partial charge in [0.2, 0.25) is 15.9 Å². The Morgan fingerprint density at radius 2 is 1.81 bits per heavy atom. The second-order valence-electron chi connectivity index (χ2n) is 9.39. The molecular formula is C26H30N4O5S. The number of aromatic nitrogens is 1. The number of nitrogens with one attached hydrogen (secondary N) is 2. The fraction of sp³-hybridized carbons (Fsp3) is 0.346. The van der Waals surface area contributed by atoms with E-state index >= 15 is 0 Å². The van der Waals surface area contributed by atoms with Crippen LogP contribution < -0.4 is 10.8 Å². The number of sulfonamides is 1. The second kappa shape index (κ2) is 10.3. The molecule has 2 heterocycles. The molecule has 1 fully saturated rings. The van der Waals surface area contributed by atoms with Crippen LogP contribution >= 0.6 is 0 Å². The smallest absolute Gasteiger partial charge is 0.251 e. The van der Waals surface area contributed by atoms with Crippen molar-refractivity contribution in [1.29, 1.82) is 0 Å². The van der Waals surface area contributed by atoms with Crippen LogP contribution in [0.2, 0.25) is 0 Å². The summed E-state index contributed by atoms with van der Waals surface area (Å²) in [4.78, 5) is 29.7. The first kappa shape index (κ1) is 25.7. The molecule has 36 heavy (non-hydrogen) atoms. The number of hydrogen-bond donors (Lipinski definition) is 3. The molecule has 1 saturated heterocycles. The molecule has 1 aliphatic rings. The van der Waals surface area contributed by atoms with Gasteiger partial charge in [0.25, 0.3) is 5.91 Å². The monoisotopic (exact) mass is 510 g/mol. The molecule has 2 atom stereocenters. The van der Waals surface area contributed by atoms with Crippen LogP contribution in [0.4, 0.5) is 0 Å². The highest BCUT2D eigenvalue weighted by Gasteiger charge is 2.43. The van der Waals surface area contributed by atoms with Crippen molar-refractivity contribution >= 4 is 32.7 Å². The first-order valence-electron chi connectivity index (χ1n) is 11.8. The lowest BCUT2D eigenvalue weighted by Gasteiger charge is -2.19. The molecule has 0 radical (unpaired) electrons. The lowest BCUT2D eigenvalue weighted by molar-refractivity contribution is -0.133. The molecule has 9 nitrogen and oxygen atoms in total. The molecule has 4 rings (SSSR count). The molecule has 3 N–H and O–H groups in total. The van der Waals surface area contributed by atoms with Crippen LogP contribution in [0, 0.1) is 12.8 Å². The zero-order chi connectivity index (χ0) is 26.0. The van der Waals surface area contributed by atoms with Gasteiger partial charge in [0.05, 0.1) is 22.7 Å². The van der Waals surface area contributed by atoms with E-state index in [0.29, 0.717) is 12.0 Å². The number of fused-ring (bicyclic) bond motifs is 1. The van der Waals surface area contributed by atoms with Crippen LogP contribution in [0.5, 0.6) is 0 Å². The van der Waals surface area contributed by atoms with Crippen molar-refractivity contribution < 1.29 is 23.2 Å². The Labute approximate surface area is 210 Å². The highest BCUT2D eigenvalue weighted by molar-refractivity contribution is 7.89. The zero-order valence-electron chi connectivity index (χ0n) is 20.4. The van der Waals surface area contributed by atoms with Gasteiger partial charge < -0.3 is 5.32 Å². The highest BCUT2D eigenvalue weighted by Crippen LogP contribution is 2.24. The largest absolute Gasteiger partial charge is 0.347 e. The van der Waals surface area contributed by atoms with Gasteiger partial charge in [-0.15, -0.1) is 0 Å². The molecule has 2 amide bonds. The second-order valence-corrected chi connectivity index (χ2v) is 11.9. The van der Waals surface area contributed by atoms with Gasteiger partial charge in [-0.3, -0.25) is 19.8 Å². The zero-order valence-corrected chi connectivity index (χ0v) is 21.2. The van der Waals surface area contributed by atoms with Crippen molar-refractivity contribution in [3.63, 3.8) is 0 Å². The van der Waals surface area contributed by atoms with Crippen molar-refractivity contribution in [2.24, 2.45) is 5.92 Å². The number of amides is 2. The Kier molecular flexibility index (Phi) is 7.39. The Morgan fingerprint density at radius 1 is 1.11 bits per heavy atom. The number of nitrogens with zero attached hydrogens (tertiary/aromatic N) is 2. The summed E-state index contributed by atoms with van der Waals surface area (Å²) in [5, 5.41) is 12.3. The lowest BCUT2D eigenvalue weighted by atomic mass is 9.99. The average molecular weight is 511 g/mol. The molecule has 1 aromatic heterocycles. The minimum atomic E-state index is -3.62. The normalized spacial score (nSPS) is 18.5. The molecule has 1 aliphatic heterocycles. The van der Waals surface area contributed by atoms with Crippen LogP contribution in [0.15, 0.2) is 54.6 Å². The third-order valence-corrected chi connectivity index (χ3v) is 8.76. The predicted octanol–water partition coefficient (Wildman–Crippen LogP) is 2.41. The summed E-state index contributed by atoms with van der Waals surface area (Å²) in [6.45, 7) is 4.91. The van der Waals surface area contributed by atoms with Crippen molar-refractivity contribution in [2.45, 2.75) is 38.5 Å². The Hall–Kier alpha value is -3.34. The summed E-state index contributed by atoms with van der Waals surface area (Å²) in [5.41, 5.74) is 6.02. The van der Waals surface area contributed by atoms with Crippen molar-refractivity contribution in [2.75, 3.05) is 13.1 Å². The van der Waals surface area contributed by atoms with Crippen LogP contribution in [0.1, 0.15) is 41.0 Å². The fourth-order valence-electron chi connectivity index (χ4n) is 4.56. The first-order chi connectivity index (χ1) is 17.1. The summed E-state index contributed by atoms with van der Waals surface area (Å²) < 4.78 is 26.4. The van der Waals surface area contributed by atoms with E-state index in [-0.39, 0.29) is 13.1 Å². The standard InChI is InChI=1S/C26H30N4O5S/c1-16(2)36(34,35)30-14-22(26(32)29-33)24(15-30)28-25(31)19-10-8-18(9-11-19)13-20-12-17(3)27-23-7-5-4-6-21(20)23/h4-12,16,22,24,33H,13-15H2,1-3H3,(H,28,31)(H,29,32)/t22-,24+/m0/s1. The van der Waals surface area contributed by atoms with E-state index in [9.17, 15) is 18.0 Å². The van der Waals surface area contributed by atoms with Gasteiger partial charge in [0.1, 0.15) is 0 Å². The number of hydroxylamine groups is 1. The summed E-state index contributed by atoms with van der Waals surface area (Å²) in [6, 6.07) is 16.4. The molecule has 0 aliphatic carbocycles. The maximum Gasteiger partial charge on any atom is 0.251 e. The van der Waals surface area contributed by atoms with Crippen LogP contribution in [0.3, 0.4) is 0 Å². The molecule has 0 bridgehead atoms. The van der Waals surface area contributed by atoms with Gasteiger partial charge >= 0.3 is 0 Å². The molecule has 3 aromatic rings. The number of rotatable bonds is 7. The van der Waals surface area contributed by atoms with E-state index < -0.39 is 39.0 Å². The molecule has 190 valence electrons. The average Bonchev–Trinajstić information content (AvgIpc) is 3.28. The van der Waals surface area contributed by atoms with E-state index in [1.54, 1.807) is 31.5 Å². The number of hydrogen-bond acceptors (Lipinski definition) is 6. The van der Waals surface area contributed by atoms with E-state index in [4.69, 9.17) is 5.21 Å². The first-order valence-corrected chi connectivity index (χ1v) is 13.3. The molecular weight excluding hydrogens is 480 g/mol. The molecule has 0 saturated carbocycles. The minimum absolute atomic E-state index is 0.0448. The Morgan fingerprint density at radius 3 is 2.47 bits per heavy atom. The van der Waals surface area contributed by atoms with Crippen molar-refractivity contribution in [3.05, 3.63) is 77.0 Å². The van der Waals surface area contributed by atoms with E-state index in [1.165, 1.54) is 4.31 Å². The Bertz CT molecular complexity index is 1390. The number of pyridine rings is 1. The summed E-state index contributed by atoms with van der Waals surface area (Å²) in [5.74, 6) is -2.07. The molecule has 2 aromatic carbocycles. The van der Waals surface area contributed by atoms with Crippen LogP contribution in [0.25, 0.3) is 10.9 Å². The molecule has 0 unspecified atom stereocenters.